The van der Waals surface area contributed by atoms with Crippen molar-refractivity contribution in [3.63, 3.8) is 0 Å². The van der Waals surface area contributed by atoms with Crippen LogP contribution in [0.15, 0.2) is 21.3 Å². The number of hydrogen-bond acceptors (Lipinski definition) is 7. The highest BCUT2D eigenvalue weighted by Gasteiger charge is 2.25. The van der Waals surface area contributed by atoms with Crippen LogP contribution >= 0.6 is 0 Å². The number of fused-ring (bicyclic) bond motifs is 1. The average molecular weight is 376 g/mol. The lowest BCUT2D eigenvalue weighted by Gasteiger charge is -2.24. The molecule has 1 N–H and O–H groups in total. The van der Waals surface area contributed by atoms with Gasteiger partial charge in [-0.05, 0) is 37.8 Å². The van der Waals surface area contributed by atoms with Crippen molar-refractivity contribution < 1.29 is 28.5 Å². The maximum Gasteiger partial charge on any atom is 0.354 e. The minimum Gasteiger partial charge on any atom is -0.506 e. The molecule has 7 nitrogen and oxygen atoms in total. The molecule has 1 aliphatic heterocycles. The average Bonchev–Trinajstić information content (AvgIpc) is 2.63. The summed E-state index contributed by atoms with van der Waals surface area (Å²) in [6.45, 7) is 6.26. The molecule has 1 aromatic carbocycles. The van der Waals surface area contributed by atoms with Crippen molar-refractivity contribution in [1.82, 2.24) is 0 Å². The van der Waals surface area contributed by atoms with E-state index in [2.05, 4.69) is 0 Å². The molecule has 1 aliphatic rings. The highest BCUT2D eigenvalue weighted by atomic mass is 16.7. The Morgan fingerprint density at radius 1 is 1.33 bits per heavy atom. The smallest absolute Gasteiger partial charge is 0.354 e. The lowest BCUT2D eigenvalue weighted by atomic mass is 10.1. The fourth-order valence-electron chi connectivity index (χ4n) is 2.93. The van der Waals surface area contributed by atoms with Gasteiger partial charge in [0, 0.05) is 12.0 Å². The van der Waals surface area contributed by atoms with Crippen LogP contribution in [0.3, 0.4) is 0 Å². The third kappa shape index (κ3) is 4.08. The van der Waals surface area contributed by atoms with Gasteiger partial charge in [-0.3, -0.25) is 0 Å². The van der Waals surface area contributed by atoms with Crippen molar-refractivity contribution >= 4 is 16.9 Å². The molecule has 2 heterocycles. The van der Waals surface area contributed by atoms with Gasteiger partial charge in [-0.1, -0.05) is 13.8 Å². The van der Waals surface area contributed by atoms with E-state index in [4.69, 9.17) is 18.6 Å². The standard InChI is InChI=1S/C20H24O7/c1-11(2)10-25-19(22)16-17(21)13-7-8-14(12(3)18(13)27-20(16)23)26-15-6-4-5-9-24-15/h7-8,11,15,21H,4-6,9-10H2,1-3H3. The fourth-order valence-corrected chi connectivity index (χ4v) is 2.93. The molecule has 146 valence electrons. The largest absolute Gasteiger partial charge is 0.506 e. The Bertz CT molecular complexity index is 891. The van der Waals surface area contributed by atoms with Gasteiger partial charge in [-0.25, -0.2) is 9.59 Å². The first-order chi connectivity index (χ1) is 12.9. The summed E-state index contributed by atoms with van der Waals surface area (Å²) in [7, 11) is 0. The van der Waals surface area contributed by atoms with Gasteiger partial charge in [0.1, 0.15) is 17.1 Å². The summed E-state index contributed by atoms with van der Waals surface area (Å²) >= 11 is 0. The van der Waals surface area contributed by atoms with E-state index in [1.165, 1.54) is 0 Å². The number of esters is 1. The van der Waals surface area contributed by atoms with Gasteiger partial charge < -0.3 is 23.7 Å². The van der Waals surface area contributed by atoms with Gasteiger partial charge in [0.25, 0.3) is 0 Å². The number of benzene rings is 1. The van der Waals surface area contributed by atoms with Gasteiger partial charge in [-0.2, -0.15) is 0 Å². The van der Waals surface area contributed by atoms with Crippen LogP contribution in [0.1, 0.15) is 49.0 Å². The summed E-state index contributed by atoms with van der Waals surface area (Å²) in [4.78, 5) is 24.5. The van der Waals surface area contributed by atoms with E-state index >= 15 is 0 Å². The van der Waals surface area contributed by atoms with E-state index < -0.39 is 22.9 Å². The molecule has 7 heteroatoms. The number of rotatable bonds is 5. The fraction of sp³-hybridized carbons (Fsp3) is 0.500. The molecule has 0 spiro atoms. The minimum atomic E-state index is -0.942. The first kappa shape index (κ1) is 19.2. The Labute approximate surface area is 156 Å². The maximum absolute atomic E-state index is 12.3. The third-order valence-corrected chi connectivity index (χ3v) is 4.40. The van der Waals surface area contributed by atoms with E-state index in [1.807, 2.05) is 13.8 Å². The SMILES string of the molecule is Cc1c(OC2CCCCO2)ccc2c(O)c(C(=O)OCC(C)C)c(=O)oc12. The highest BCUT2D eigenvalue weighted by Crippen LogP contribution is 2.34. The van der Waals surface area contributed by atoms with Crippen molar-refractivity contribution in [2.24, 2.45) is 5.92 Å². The summed E-state index contributed by atoms with van der Waals surface area (Å²) < 4.78 is 21.8. The first-order valence-corrected chi connectivity index (χ1v) is 9.13. The van der Waals surface area contributed by atoms with Gasteiger partial charge in [0.05, 0.1) is 18.6 Å². The summed E-state index contributed by atoms with van der Waals surface area (Å²) in [5.41, 5.74) is -0.711. The van der Waals surface area contributed by atoms with Gasteiger partial charge >= 0.3 is 11.6 Å². The van der Waals surface area contributed by atoms with E-state index in [1.54, 1.807) is 19.1 Å². The number of carbonyl (C=O) groups excluding carboxylic acids is 1. The molecule has 1 saturated heterocycles. The Morgan fingerprint density at radius 2 is 2.11 bits per heavy atom. The predicted octanol–water partition coefficient (Wildman–Crippen LogP) is 3.53. The second-order valence-electron chi connectivity index (χ2n) is 7.08. The molecular formula is C20H24O7. The molecule has 1 atom stereocenters. The molecule has 1 aromatic heterocycles. The van der Waals surface area contributed by atoms with E-state index in [9.17, 15) is 14.7 Å². The van der Waals surface area contributed by atoms with Crippen LogP contribution in [-0.4, -0.2) is 30.6 Å². The van der Waals surface area contributed by atoms with Crippen LogP contribution in [0.4, 0.5) is 0 Å². The maximum atomic E-state index is 12.3. The molecule has 0 amide bonds. The van der Waals surface area contributed by atoms with Gasteiger partial charge in [0.15, 0.2) is 11.9 Å². The molecule has 1 unspecified atom stereocenters. The molecule has 1 fully saturated rings. The van der Waals surface area contributed by atoms with Gasteiger partial charge in [0.2, 0.25) is 0 Å². The van der Waals surface area contributed by atoms with Crippen LogP contribution < -0.4 is 10.4 Å². The molecule has 0 saturated carbocycles. The zero-order chi connectivity index (χ0) is 19.6. The van der Waals surface area contributed by atoms with Crippen molar-refractivity contribution in [3.05, 3.63) is 33.7 Å². The lowest BCUT2D eigenvalue weighted by molar-refractivity contribution is -0.106. The monoisotopic (exact) mass is 376 g/mol. The van der Waals surface area contributed by atoms with Gasteiger partial charge in [-0.15, -0.1) is 0 Å². The molecule has 0 radical (unpaired) electrons. The summed E-state index contributed by atoms with van der Waals surface area (Å²) in [5.74, 6) is -0.733. The van der Waals surface area contributed by atoms with Crippen molar-refractivity contribution in [2.75, 3.05) is 13.2 Å². The number of aryl methyl sites for hydroxylation is 1. The summed E-state index contributed by atoms with van der Waals surface area (Å²) in [6, 6.07) is 3.22. The van der Waals surface area contributed by atoms with Crippen molar-refractivity contribution in [3.8, 4) is 11.5 Å². The van der Waals surface area contributed by atoms with E-state index in [0.717, 1.165) is 19.3 Å². The van der Waals surface area contributed by atoms with Crippen molar-refractivity contribution in [2.45, 2.75) is 46.3 Å². The van der Waals surface area contributed by atoms with Crippen LogP contribution in [0.2, 0.25) is 0 Å². The second-order valence-corrected chi connectivity index (χ2v) is 7.08. The number of carbonyl (C=O) groups is 1. The van der Waals surface area contributed by atoms with Crippen LogP contribution in [0.5, 0.6) is 11.5 Å². The summed E-state index contributed by atoms with van der Waals surface area (Å²) in [6.07, 6.45) is 2.47. The van der Waals surface area contributed by atoms with Crippen LogP contribution in [0, 0.1) is 12.8 Å². The number of aromatic hydroxyl groups is 1. The van der Waals surface area contributed by atoms with Crippen LogP contribution in [0.25, 0.3) is 11.0 Å². The molecular weight excluding hydrogens is 352 g/mol. The zero-order valence-corrected chi connectivity index (χ0v) is 15.7. The Morgan fingerprint density at radius 3 is 2.78 bits per heavy atom. The first-order valence-electron chi connectivity index (χ1n) is 9.13. The molecule has 27 heavy (non-hydrogen) atoms. The highest BCUT2D eigenvalue weighted by molar-refractivity contribution is 5.99. The topological polar surface area (TPSA) is 95.2 Å². The quantitative estimate of drug-likeness (QED) is 0.630. The Balaban J connectivity index is 1.96. The van der Waals surface area contributed by atoms with E-state index in [-0.39, 0.29) is 29.8 Å². The van der Waals surface area contributed by atoms with E-state index in [0.29, 0.717) is 17.9 Å². The zero-order valence-electron chi connectivity index (χ0n) is 15.7. The molecule has 3 rings (SSSR count). The number of ether oxygens (including phenoxy) is 3. The molecule has 2 aromatic rings. The lowest BCUT2D eigenvalue weighted by Crippen LogP contribution is -2.25. The third-order valence-electron chi connectivity index (χ3n) is 4.40. The molecule has 0 aliphatic carbocycles. The molecule has 0 bridgehead atoms. The Hall–Kier alpha value is -2.54. The minimum absolute atomic E-state index is 0.104. The number of hydrogen-bond donors (Lipinski definition) is 1. The van der Waals surface area contributed by atoms with Crippen LogP contribution in [-0.2, 0) is 9.47 Å². The second kappa shape index (κ2) is 8.00. The normalized spacial score (nSPS) is 17.3. The Kier molecular flexibility index (Phi) is 5.70. The summed E-state index contributed by atoms with van der Waals surface area (Å²) in [5, 5.41) is 10.7. The predicted molar refractivity (Wildman–Crippen MR) is 98.2 cm³/mol. The van der Waals surface area contributed by atoms with Crippen molar-refractivity contribution in [1.29, 1.82) is 0 Å².